The molecule has 0 fully saturated rings. The molecule has 114 valence electrons. The molecule has 0 aliphatic rings. The molecular weight excluding hydrogens is 299 g/mol. The Morgan fingerprint density at radius 3 is 2.36 bits per heavy atom. The summed E-state index contributed by atoms with van der Waals surface area (Å²) in [6.07, 6.45) is 0. The van der Waals surface area contributed by atoms with Gasteiger partial charge in [0.15, 0.2) is 0 Å². The summed E-state index contributed by atoms with van der Waals surface area (Å²) in [5, 5.41) is 11.7. The highest BCUT2D eigenvalue weighted by atomic mass is 31.2. The molecule has 5 nitrogen and oxygen atoms in total. The van der Waals surface area contributed by atoms with Crippen LogP contribution in [0, 0.1) is 18.3 Å². The number of hydrogen-bond acceptors (Lipinski definition) is 3. The maximum atomic E-state index is 11.8. The summed E-state index contributed by atoms with van der Waals surface area (Å²) in [6.45, 7) is 2.30. The molecule has 0 aliphatic carbocycles. The van der Waals surface area contributed by atoms with Gasteiger partial charge in [-0.25, -0.2) is 0 Å². The molecule has 1 unspecified atom stereocenters. The van der Waals surface area contributed by atoms with Crippen LogP contribution in [0.25, 0.3) is 0 Å². The van der Waals surface area contributed by atoms with Crippen LogP contribution < -0.4 is 5.32 Å². The molecule has 2 rings (SSSR count). The fraction of sp³-hybridized carbons (Fsp3) is 0.188. The summed E-state index contributed by atoms with van der Waals surface area (Å²) >= 11 is 0. The van der Waals surface area contributed by atoms with E-state index in [1.807, 2.05) is 37.3 Å². The summed E-state index contributed by atoms with van der Waals surface area (Å²) in [6, 6.07) is 15.9. The minimum absolute atomic E-state index is 0.350. The number of nitriles is 1. The SMILES string of the molecule is Cc1ccccc1CNC(c1ccc(C#N)cc1)P(=O)(O)O. The lowest BCUT2D eigenvalue weighted by Gasteiger charge is -2.21. The van der Waals surface area contributed by atoms with Gasteiger partial charge in [0.25, 0.3) is 0 Å². The highest BCUT2D eigenvalue weighted by Crippen LogP contribution is 2.50. The molecule has 2 aromatic rings. The van der Waals surface area contributed by atoms with Crippen LogP contribution in [0.5, 0.6) is 0 Å². The largest absolute Gasteiger partial charge is 0.346 e. The van der Waals surface area contributed by atoms with Gasteiger partial charge in [0.1, 0.15) is 5.78 Å². The zero-order chi connectivity index (χ0) is 16.2. The topological polar surface area (TPSA) is 93.4 Å². The predicted octanol–water partition coefficient (Wildman–Crippen LogP) is 2.83. The number of rotatable bonds is 5. The van der Waals surface area contributed by atoms with E-state index in [1.54, 1.807) is 24.3 Å². The van der Waals surface area contributed by atoms with E-state index < -0.39 is 13.4 Å². The summed E-state index contributed by atoms with van der Waals surface area (Å²) in [7, 11) is -4.37. The third-order valence-electron chi connectivity index (χ3n) is 3.44. The maximum absolute atomic E-state index is 11.8. The Kier molecular flexibility index (Phi) is 5.12. The van der Waals surface area contributed by atoms with Crippen molar-refractivity contribution < 1.29 is 14.4 Å². The van der Waals surface area contributed by atoms with Gasteiger partial charge in [0, 0.05) is 6.54 Å². The molecule has 3 N–H and O–H groups in total. The van der Waals surface area contributed by atoms with Gasteiger partial charge in [-0.15, -0.1) is 0 Å². The van der Waals surface area contributed by atoms with E-state index in [1.165, 1.54) is 0 Å². The van der Waals surface area contributed by atoms with Crippen LogP contribution in [0.4, 0.5) is 0 Å². The van der Waals surface area contributed by atoms with Crippen molar-refractivity contribution in [2.45, 2.75) is 19.3 Å². The highest BCUT2D eigenvalue weighted by Gasteiger charge is 2.30. The van der Waals surface area contributed by atoms with Crippen molar-refractivity contribution in [3.63, 3.8) is 0 Å². The van der Waals surface area contributed by atoms with Gasteiger partial charge in [-0.05, 0) is 35.7 Å². The molecule has 6 heteroatoms. The standard InChI is InChI=1S/C16H17N2O3P/c1-12-4-2-3-5-15(12)11-18-16(22(19,20)21)14-8-6-13(10-17)7-9-14/h2-9,16,18H,11H2,1H3,(H2,19,20,21). The smallest absolute Gasteiger partial charge is 0.323 e. The van der Waals surface area contributed by atoms with Crippen molar-refractivity contribution in [2.24, 2.45) is 0 Å². The first-order valence-corrected chi connectivity index (χ1v) is 8.43. The molecule has 0 saturated carbocycles. The second-order valence-corrected chi connectivity index (χ2v) is 6.73. The van der Waals surface area contributed by atoms with Crippen LogP contribution in [0.15, 0.2) is 48.5 Å². The van der Waals surface area contributed by atoms with E-state index in [9.17, 15) is 14.4 Å². The van der Waals surface area contributed by atoms with Crippen molar-refractivity contribution in [3.05, 3.63) is 70.8 Å². The van der Waals surface area contributed by atoms with E-state index in [0.717, 1.165) is 11.1 Å². The number of nitrogens with zero attached hydrogens (tertiary/aromatic N) is 1. The molecule has 0 aromatic heterocycles. The third-order valence-corrected chi connectivity index (χ3v) is 4.59. The Morgan fingerprint density at radius 1 is 1.18 bits per heavy atom. The summed E-state index contributed by atoms with van der Waals surface area (Å²) < 4.78 is 11.8. The van der Waals surface area contributed by atoms with Gasteiger partial charge in [-0.1, -0.05) is 36.4 Å². The van der Waals surface area contributed by atoms with Gasteiger partial charge in [0.05, 0.1) is 11.6 Å². The fourth-order valence-electron chi connectivity index (χ4n) is 2.19. The molecule has 2 aromatic carbocycles. The summed E-state index contributed by atoms with van der Waals surface area (Å²) in [5.74, 6) is -1.10. The molecule has 0 amide bonds. The number of hydrogen-bond donors (Lipinski definition) is 3. The van der Waals surface area contributed by atoms with Gasteiger partial charge in [0.2, 0.25) is 0 Å². The fourth-order valence-corrected chi connectivity index (χ4v) is 3.08. The average molecular weight is 316 g/mol. The minimum Gasteiger partial charge on any atom is -0.323 e. The maximum Gasteiger partial charge on any atom is 0.346 e. The van der Waals surface area contributed by atoms with E-state index >= 15 is 0 Å². The lowest BCUT2D eigenvalue weighted by molar-refractivity contribution is 0.347. The molecule has 0 spiro atoms. The second kappa shape index (κ2) is 6.87. The van der Waals surface area contributed by atoms with Crippen LogP contribution in [0.1, 0.15) is 28.0 Å². The van der Waals surface area contributed by atoms with E-state index in [0.29, 0.717) is 17.7 Å². The molecule has 0 heterocycles. The quantitative estimate of drug-likeness (QED) is 0.738. The van der Waals surface area contributed by atoms with Crippen molar-refractivity contribution in [2.75, 3.05) is 0 Å². The van der Waals surface area contributed by atoms with Gasteiger partial charge >= 0.3 is 7.60 Å². The van der Waals surface area contributed by atoms with Crippen molar-refractivity contribution in [1.29, 1.82) is 5.26 Å². The first-order valence-electron chi connectivity index (χ1n) is 6.75. The van der Waals surface area contributed by atoms with Crippen LogP contribution in [-0.2, 0) is 11.1 Å². The molecule has 1 atom stereocenters. The molecule has 0 bridgehead atoms. The van der Waals surface area contributed by atoms with E-state index in [4.69, 9.17) is 5.26 Å². The number of aryl methyl sites for hydroxylation is 1. The Bertz CT molecular complexity index is 732. The zero-order valence-electron chi connectivity index (χ0n) is 12.1. The van der Waals surface area contributed by atoms with Gasteiger partial charge < -0.3 is 9.79 Å². The molecule has 0 saturated heterocycles. The normalized spacial score (nSPS) is 12.6. The van der Waals surface area contributed by atoms with E-state index in [-0.39, 0.29) is 0 Å². The molecule has 0 aliphatic heterocycles. The predicted molar refractivity (Wildman–Crippen MR) is 84.0 cm³/mol. The zero-order valence-corrected chi connectivity index (χ0v) is 13.0. The monoisotopic (exact) mass is 316 g/mol. The van der Waals surface area contributed by atoms with Crippen LogP contribution in [-0.4, -0.2) is 9.79 Å². The molecule has 0 radical (unpaired) electrons. The third kappa shape index (κ3) is 4.03. The number of nitrogens with one attached hydrogen (secondary N) is 1. The second-order valence-electron chi connectivity index (χ2n) is 5.03. The van der Waals surface area contributed by atoms with Crippen molar-refractivity contribution >= 4 is 7.60 Å². The Morgan fingerprint density at radius 2 is 1.82 bits per heavy atom. The lowest BCUT2D eigenvalue weighted by Crippen LogP contribution is -2.21. The Balaban J connectivity index is 2.22. The van der Waals surface area contributed by atoms with Gasteiger partial charge in [-0.3, -0.25) is 9.88 Å². The first-order chi connectivity index (χ1) is 10.4. The van der Waals surface area contributed by atoms with Crippen LogP contribution in [0.3, 0.4) is 0 Å². The first kappa shape index (κ1) is 16.4. The van der Waals surface area contributed by atoms with E-state index in [2.05, 4.69) is 5.32 Å². The Labute approximate surface area is 129 Å². The lowest BCUT2D eigenvalue weighted by atomic mass is 10.1. The van der Waals surface area contributed by atoms with Crippen LogP contribution in [0.2, 0.25) is 0 Å². The van der Waals surface area contributed by atoms with Crippen molar-refractivity contribution in [3.8, 4) is 6.07 Å². The molecule has 22 heavy (non-hydrogen) atoms. The van der Waals surface area contributed by atoms with Gasteiger partial charge in [-0.2, -0.15) is 5.26 Å². The Hall–Kier alpha value is -1.96. The van der Waals surface area contributed by atoms with Crippen molar-refractivity contribution in [1.82, 2.24) is 5.32 Å². The van der Waals surface area contributed by atoms with Crippen LogP contribution >= 0.6 is 7.60 Å². The average Bonchev–Trinajstić information content (AvgIpc) is 2.48. The molecular formula is C16H17N2O3P. The minimum atomic E-state index is -4.37. The summed E-state index contributed by atoms with van der Waals surface area (Å²) in [4.78, 5) is 19.2. The number of benzene rings is 2. The summed E-state index contributed by atoms with van der Waals surface area (Å²) in [5.41, 5.74) is 2.95. The highest BCUT2D eigenvalue weighted by molar-refractivity contribution is 7.52.